The van der Waals surface area contributed by atoms with Gasteiger partial charge in [0, 0.05) is 44.7 Å². The molecule has 0 atom stereocenters. The first-order valence-electron chi connectivity index (χ1n) is 10.1. The molecule has 2 saturated heterocycles. The van der Waals surface area contributed by atoms with Crippen molar-refractivity contribution in [3.8, 4) is 0 Å². The van der Waals surface area contributed by atoms with Crippen molar-refractivity contribution < 1.29 is 14.0 Å². The first-order chi connectivity index (χ1) is 13.1. The van der Waals surface area contributed by atoms with E-state index in [0.29, 0.717) is 51.0 Å². The highest BCUT2D eigenvalue weighted by atomic mass is 19.1. The van der Waals surface area contributed by atoms with Gasteiger partial charge in [0.1, 0.15) is 5.82 Å². The highest BCUT2D eigenvalue weighted by Crippen LogP contribution is 2.50. The van der Waals surface area contributed by atoms with E-state index in [0.717, 1.165) is 19.6 Å². The van der Waals surface area contributed by atoms with Gasteiger partial charge in [0.05, 0.1) is 5.41 Å². The van der Waals surface area contributed by atoms with Gasteiger partial charge in [0.2, 0.25) is 11.8 Å². The van der Waals surface area contributed by atoms with Crippen molar-refractivity contribution in [1.29, 1.82) is 0 Å². The summed E-state index contributed by atoms with van der Waals surface area (Å²) in [7, 11) is 0. The first-order valence-corrected chi connectivity index (χ1v) is 10.1. The Morgan fingerprint density at radius 2 is 1.56 bits per heavy atom. The van der Waals surface area contributed by atoms with Crippen LogP contribution in [0.4, 0.5) is 4.39 Å². The molecule has 0 N–H and O–H groups in total. The van der Waals surface area contributed by atoms with Crippen LogP contribution >= 0.6 is 0 Å². The third kappa shape index (κ3) is 3.72. The lowest BCUT2D eigenvalue weighted by atomic mass is 9.93. The number of hydrogen-bond acceptors (Lipinski definition) is 3. The highest BCUT2D eigenvalue weighted by Gasteiger charge is 2.54. The van der Waals surface area contributed by atoms with Gasteiger partial charge in [-0.05, 0) is 44.8 Å². The Kier molecular flexibility index (Phi) is 5.17. The smallest absolute Gasteiger partial charge is 0.233 e. The fraction of sp³-hybridized carbons (Fsp3) is 0.619. The van der Waals surface area contributed by atoms with Crippen LogP contribution in [0, 0.1) is 5.82 Å². The van der Waals surface area contributed by atoms with Crippen molar-refractivity contribution in [3.05, 3.63) is 35.6 Å². The molecular formula is C21H28FN3O2. The average molecular weight is 373 g/mol. The third-order valence-electron chi connectivity index (χ3n) is 6.31. The van der Waals surface area contributed by atoms with E-state index < -0.39 is 5.41 Å². The molecular weight excluding hydrogens is 345 g/mol. The molecule has 1 aliphatic carbocycles. The van der Waals surface area contributed by atoms with Gasteiger partial charge in [-0.25, -0.2) is 4.39 Å². The molecule has 2 amide bonds. The van der Waals surface area contributed by atoms with E-state index in [2.05, 4.69) is 4.90 Å². The number of carbonyl (C=O) groups excluding carboxylic acids is 2. The highest BCUT2D eigenvalue weighted by molar-refractivity contribution is 5.91. The summed E-state index contributed by atoms with van der Waals surface area (Å²) >= 11 is 0. The minimum atomic E-state index is -0.673. The zero-order valence-electron chi connectivity index (χ0n) is 15.8. The fourth-order valence-corrected chi connectivity index (χ4v) is 4.45. The molecule has 6 heteroatoms. The van der Waals surface area contributed by atoms with Crippen LogP contribution in [0.15, 0.2) is 24.3 Å². The maximum atomic E-state index is 14.2. The van der Waals surface area contributed by atoms with Gasteiger partial charge in [0.15, 0.2) is 0 Å². The number of piperazine rings is 1. The Morgan fingerprint density at radius 1 is 0.926 bits per heavy atom. The Labute approximate surface area is 160 Å². The molecule has 146 valence electrons. The minimum Gasteiger partial charge on any atom is -0.339 e. The normalized spacial score (nSPS) is 22.1. The molecule has 0 radical (unpaired) electrons. The summed E-state index contributed by atoms with van der Waals surface area (Å²) in [6.45, 7) is 5.31. The van der Waals surface area contributed by atoms with Crippen molar-refractivity contribution in [3.63, 3.8) is 0 Å². The molecule has 2 heterocycles. The summed E-state index contributed by atoms with van der Waals surface area (Å²) in [6.07, 6.45) is 4.45. The van der Waals surface area contributed by atoms with Crippen LogP contribution in [0.3, 0.4) is 0 Å². The van der Waals surface area contributed by atoms with Crippen LogP contribution < -0.4 is 0 Å². The van der Waals surface area contributed by atoms with Gasteiger partial charge in [-0.3, -0.25) is 9.59 Å². The third-order valence-corrected chi connectivity index (χ3v) is 6.31. The van der Waals surface area contributed by atoms with Gasteiger partial charge in [-0.2, -0.15) is 0 Å². The SMILES string of the molecule is O=C(CCN1CCCC1)N1CCN(C(=O)C2(c3ccccc3F)CC2)CC1. The molecule has 1 saturated carbocycles. The number of benzene rings is 1. The van der Waals surface area contributed by atoms with Gasteiger partial charge < -0.3 is 14.7 Å². The Morgan fingerprint density at radius 3 is 2.19 bits per heavy atom. The molecule has 0 aromatic heterocycles. The topological polar surface area (TPSA) is 43.9 Å². The van der Waals surface area contributed by atoms with Gasteiger partial charge >= 0.3 is 0 Å². The predicted octanol–water partition coefficient (Wildman–Crippen LogP) is 2.01. The van der Waals surface area contributed by atoms with Crippen LogP contribution in [0.25, 0.3) is 0 Å². The fourth-order valence-electron chi connectivity index (χ4n) is 4.45. The molecule has 27 heavy (non-hydrogen) atoms. The molecule has 5 nitrogen and oxygen atoms in total. The second-order valence-corrected chi connectivity index (χ2v) is 8.03. The number of nitrogens with zero attached hydrogens (tertiary/aromatic N) is 3. The zero-order chi connectivity index (χ0) is 18.9. The lowest BCUT2D eigenvalue weighted by Crippen LogP contribution is -2.53. The van der Waals surface area contributed by atoms with E-state index in [9.17, 15) is 14.0 Å². The van der Waals surface area contributed by atoms with E-state index in [-0.39, 0.29) is 17.6 Å². The monoisotopic (exact) mass is 373 g/mol. The molecule has 3 fully saturated rings. The van der Waals surface area contributed by atoms with Crippen molar-refractivity contribution in [2.75, 3.05) is 45.8 Å². The maximum Gasteiger partial charge on any atom is 0.233 e. The largest absolute Gasteiger partial charge is 0.339 e. The quantitative estimate of drug-likeness (QED) is 0.793. The molecule has 3 aliphatic rings. The summed E-state index contributed by atoms with van der Waals surface area (Å²) < 4.78 is 14.2. The van der Waals surface area contributed by atoms with Crippen molar-refractivity contribution in [2.24, 2.45) is 0 Å². The van der Waals surface area contributed by atoms with E-state index >= 15 is 0 Å². The molecule has 1 aromatic rings. The molecule has 1 aromatic carbocycles. The summed E-state index contributed by atoms with van der Waals surface area (Å²) in [4.78, 5) is 31.6. The van der Waals surface area contributed by atoms with Crippen LogP contribution in [0.5, 0.6) is 0 Å². The second kappa shape index (κ2) is 7.58. The van der Waals surface area contributed by atoms with Crippen molar-refractivity contribution >= 4 is 11.8 Å². The second-order valence-electron chi connectivity index (χ2n) is 8.03. The number of hydrogen-bond donors (Lipinski definition) is 0. The first kappa shape index (κ1) is 18.4. The summed E-state index contributed by atoms with van der Waals surface area (Å²) in [6, 6.07) is 6.62. The van der Waals surface area contributed by atoms with E-state index in [1.165, 1.54) is 18.9 Å². The number of carbonyl (C=O) groups is 2. The van der Waals surface area contributed by atoms with Crippen LogP contribution in [-0.4, -0.2) is 72.3 Å². The lowest BCUT2D eigenvalue weighted by molar-refractivity contribution is -0.141. The van der Waals surface area contributed by atoms with Crippen LogP contribution in [0.2, 0.25) is 0 Å². The molecule has 0 bridgehead atoms. The predicted molar refractivity (Wildman–Crippen MR) is 101 cm³/mol. The summed E-state index contributed by atoms with van der Waals surface area (Å²) in [5.74, 6) is -0.0833. The number of amides is 2. The van der Waals surface area contributed by atoms with E-state index in [1.54, 1.807) is 18.2 Å². The van der Waals surface area contributed by atoms with Gasteiger partial charge in [0.25, 0.3) is 0 Å². The van der Waals surface area contributed by atoms with Crippen LogP contribution in [-0.2, 0) is 15.0 Å². The zero-order valence-corrected chi connectivity index (χ0v) is 15.8. The molecule has 0 spiro atoms. The van der Waals surface area contributed by atoms with Crippen LogP contribution in [0.1, 0.15) is 37.7 Å². The number of rotatable bonds is 5. The molecule has 0 unspecified atom stereocenters. The molecule has 2 aliphatic heterocycles. The van der Waals surface area contributed by atoms with Gasteiger partial charge in [-0.15, -0.1) is 0 Å². The Balaban J connectivity index is 1.30. The lowest BCUT2D eigenvalue weighted by Gasteiger charge is -2.37. The number of likely N-dealkylation sites (tertiary alicyclic amines) is 1. The minimum absolute atomic E-state index is 0.0248. The maximum absolute atomic E-state index is 14.2. The summed E-state index contributed by atoms with van der Waals surface area (Å²) in [5, 5.41) is 0. The number of halogens is 1. The van der Waals surface area contributed by atoms with Crippen molar-refractivity contribution in [2.45, 2.75) is 37.5 Å². The van der Waals surface area contributed by atoms with E-state index in [1.807, 2.05) is 9.80 Å². The van der Waals surface area contributed by atoms with Crippen molar-refractivity contribution in [1.82, 2.24) is 14.7 Å². The molecule has 4 rings (SSSR count). The Bertz CT molecular complexity index is 705. The summed E-state index contributed by atoms with van der Waals surface area (Å²) in [5.41, 5.74) is -0.146. The standard InChI is InChI=1S/C21H28FN3O2/c22-18-6-2-1-5-17(18)21(8-9-21)20(27)25-15-13-24(14-16-25)19(26)7-12-23-10-3-4-11-23/h1-2,5-6H,3-4,7-16H2. The average Bonchev–Trinajstić information content (AvgIpc) is 3.33. The van der Waals surface area contributed by atoms with Gasteiger partial charge in [-0.1, -0.05) is 18.2 Å². The Hall–Kier alpha value is -1.95. The van der Waals surface area contributed by atoms with E-state index in [4.69, 9.17) is 0 Å².